The van der Waals surface area contributed by atoms with Crippen LogP contribution in [-0.2, 0) is 4.79 Å². The van der Waals surface area contributed by atoms with Crippen molar-refractivity contribution >= 4 is 23.3 Å². The van der Waals surface area contributed by atoms with Gasteiger partial charge in [-0.2, -0.15) is 0 Å². The summed E-state index contributed by atoms with van der Waals surface area (Å²) < 4.78 is 0. The van der Waals surface area contributed by atoms with Crippen molar-refractivity contribution in [2.24, 2.45) is 4.99 Å². The second kappa shape index (κ2) is 2.03. The highest BCUT2D eigenvalue weighted by atomic mass is 32.1. The molecule has 1 fully saturated rings. The van der Waals surface area contributed by atoms with Gasteiger partial charge < -0.3 is 5.32 Å². The van der Waals surface area contributed by atoms with E-state index in [-0.39, 0.29) is 11.9 Å². The van der Waals surface area contributed by atoms with Gasteiger partial charge in [-0.3, -0.25) is 4.79 Å². The van der Waals surface area contributed by atoms with Crippen LogP contribution in [0.2, 0.25) is 0 Å². The maximum Gasteiger partial charge on any atom is 0.247 e. The van der Waals surface area contributed by atoms with Crippen molar-refractivity contribution in [3.63, 3.8) is 0 Å². The van der Waals surface area contributed by atoms with Gasteiger partial charge in [0.25, 0.3) is 0 Å². The topological polar surface area (TPSA) is 41.5 Å². The highest BCUT2D eigenvalue weighted by Gasteiger charge is 2.25. The van der Waals surface area contributed by atoms with Crippen LogP contribution in [0.25, 0.3) is 0 Å². The van der Waals surface area contributed by atoms with Gasteiger partial charge in [-0.25, -0.2) is 4.99 Å². The van der Waals surface area contributed by atoms with Crippen LogP contribution in [0.3, 0.4) is 0 Å². The van der Waals surface area contributed by atoms with Crippen LogP contribution >= 0.6 is 12.2 Å². The number of carbonyl (C=O) groups is 1. The molecule has 0 radical (unpaired) electrons. The predicted molar refractivity (Wildman–Crippen MR) is 31.8 cm³/mol. The first-order valence-corrected chi connectivity index (χ1v) is 2.60. The van der Waals surface area contributed by atoms with Crippen molar-refractivity contribution in [1.29, 1.82) is 0 Å². The first-order chi connectivity index (χ1) is 3.84. The Bertz CT molecular complexity index is 159. The van der Waals surface area contributed by atoms with Gasteiger partial charge in [0.1, 0.15) is 0 Å². The lowest BCUT2D eigenvalue weighted by molar-refractivity contribution is -0.127. The van der Waals surface area contributed by atoms with Gasteiger partial charge in [-0.15, -0.1) is 0 Å². The summed E-state index contributed by atoms with van der Waals surface area (Å²) in [5, 5.41) is 4.67. The third-order valence-corrected chi connectivity index (χ3v) is 1.09. The number of amides is 1. The molecule has 1 heterocycles. The van der Waals surface area contributed by atoms with Crippen molar-refractivity contribution in [2.75, 3.05) is 6.54 Å². The van der Waals surface area contributed by atoms with E-state index in [0.717, 1.165) is 0 Å². The fourth-order valence-electron chi connectivity index (χ4n) is 0.445. The third-order valence-electron chi connectivity index (χ3n) is 0.981. The van der Waals surface area contributed by atoms with Gasteiger partial charge in [0.2, 0.25) is 5.91 Å². The Morgan fingerprint density at radius 3 is 2.88 bits per heavy atom. The predicted octanol–water partition coefficient (Wildman–Crippen LogP) is -0.412. The number of nitrogens with one attached hydrogen (secondary N) is 1. The van der Waals surface area contributed by atoms with Crippen molar-refractivity contribution in [3.05, 3.63) is 0 Å². The Hall–Kier alpha value is -0.730. The van der Waals surface area contributed by atoms with Crippen molar-refractivity contribution in [3.8, 4) is 0 Å². The molecule has 0 aromatic heterocycles. The maximum atomic E-state index is 10.3. The average Bonchev–Trinajstić information content (AvgIpc) is 1.79. The summed E-state index contributed by atoms with van der Waals surface area (Å²) in [5.41, 5.74) is 0. The van der Waals surface area contributed by atoms with E-state index >= 15 is 0 Å². The number of rotatable bonds is 1. The Kier molecular flexibility index (Phi) is 1.37. The van der Waals surface area contributed by atoms with Crippen LogP contribution in [0.5, 0.6) is 0 Å². The molecule has 0 saturated carbocycles. The molecule has 1 N–H and O–H groups in total. The number of aliphatic imine (C=N–C) groups is 1. The van der Waals surface area contributed by atoms with E-state index in [1.807, 2.05) is 0 Å². The molecule has 1 atom stereocenters. The summed E-state index contributed by atoms with van der Waals surface area (Å²) in [4.78, 5) is 13.9. The Morgan fingerprint density at radius 2 is 2.75 bits per heavy atom. The average molecular weight is 128 g/mol. The Labute approximate surface area is 51.8 Å². The van der Waals surface area contributed by atoms with Crippen LogP contribution < -0.4 is 5.32 Å². The van der Waals surface area contributed by atoms with Crippen molar-refractivity contribution in [2.45, 2.75) is 6.04 Å². The number of nitrogens with zero attached hydrogens (tertiary/aromatic N) is 1. The lowest BCUT2D eigenvalue weighted by Crippen LogP contribution is -2.51. The van der Waals surface area contributed by atoms with E-state index in [1.54, 1.807) is 0 Å². The molecule has 1 saturated heterocycles. The normalized spacial score (nSPS) is 25.0. The van der Waals surface area contributed by atoms with Crippen LogP contribution in [0.15, 0.2) is 4.99 Å². The molecule has 0 spiro atoms. The smallest absolute Gasteiger partial charge is 0.247 e. The molecule has 1 aliphatic rings. The molecule has 0 aliphatic carbocycles. The molecule has 3 nitrogen and oxygen atoms in total. The largest absolute Gasteiger partial charge is 0.351 e. The van der Waals surface area contributed by atoms with E-state index in [4.69, 9.17) is 0 Å². The monoisotopic (exact) mass is 128 g/mol. The summed E-state index contributed by atoms with van der Waals surface area (Å²) in [5.74, 6) is -0.0534. The van der Waals surface area contributed by atoms with Crippen LogP contribution in [-0.4, -0.2) is 23.7 Å². The fraction of sp³-hybridized carbons (Fsp3) is 0.500. The molecule has 0 aromatic carbocycles. The highest BCUT2D eigenvalue weighted by molar-refractivity contribution is 7.78. The molecule has 0 aromatic rings. The van der Waals surface area contributed by atoms with Crippen LogP contribution in [0, 0.1) is 0 Å². The molecule has 1 unspecified atom stereocenters. The standard InChI is InChI=1S/C4H4N2OS/c7-4-3(1-5-4)6-2-8/h3H,1H2,(H,5,7). The minimum atomic E-state index is -0.243. The number of hydrogen-bond donors (Lipinski definition) is 1. The molecular formula is C4H4N2OS. The zero-order valence-electron chi connectivity index (χ0n) is 4.05. The fourth-order valence-corrected chi connectivity index (χ4v) is 0.572. The maximum absolute atomic E-state index is 10.3. The van der Waals surface area contributed by atoms with Gasteiger partial charge in [0, 0.05) is 6.54 Å². The first-order valence-electron chi connectivity index (χ1n) is 2.19. The quantitative estimate of drug-likeness (QED) is 0.296. The third kappa shape index (κ3) is 0.757. The Morgan fingerprint density at radius 1 is 2.00 bits per heavy atom. The van der Waals surface area contributed by atoms with Gasteiger partial charge in [0.05, 0.1) is 5.16 Å². The molecule has 1 amide bonds. The zero-order valence-corrected chi connectivity index (χ0v) is 4.86. The SMILES string of the molecule is O=C1NCC1N=C=S. The Balaban J connectivity index is 2.49. The molecule has 1 aliphatic heterocycles. The van der Waals surface area contributed by atoms with E-state index < -0.39 is 0 Å². The second-order valence-corrected chi connectivity index (χ2v) is 1.66. The lowest BCUT2D eigenvalue weighted by Gasteiger charge is -2.19. The summed E-state index contributed by atoms with van der Waals surface area (Å²) in [6, 6.07) is -0.243. The summed E-state index contributed by atoms with van der Waals surface area (Å²) in [6.45, 7) is 0.614. The second-order valence-electron chi connectivity index (χ2n) is 1.48. The first kappa shape index (κ1) is 5.41. The summed E-state index contributed by atoms with van der Waals surface area (Å²) >= 11 is 4.28. The van der Waals surface area contributed by atoms with Gasteiger partial charge in [-0.1, -0.05) is 0 Å². The van der Waals surface area contributed by atoms with Gasteiger partial charge in [0.15, 0.2) is 6.04 Å². The molecular weight excluding hydrogens is 124 g/mol. The van der Waals surface area contributed by atoms with E-state index in [0.29, 0.717) is 6.54 Å². The van der Waals surface area contributed by atoms with Crippen molar-refractivity contribution in [1.82, 2.24) is 5.32 Å². The van der Waals surface area contributed by atoms with E-state index in [9.17, 15) is 4.79 Å². The minimum absolute atomic E-state index is 0.0534. The number of isothiocyanates is 1. The molecule has 1 rings (SSSR count). The number of β-lactam (4-membered cyclic amide) rings is 1. The summed E-state index contributed by atoms with van der Waals surface area (Å²) in [6.07, 6.45) is 0. The van der Waals surface area contributed by atoms with E-state index in [1.165, 1.54) is 0 Å². The minimum Gasteiger partial charge on any atom is -0.351 e. The van der Waals surface area contributed by atoms with E-state index in [2.05, 4.69) is 27.7 Å². The van der Waals surface area contributed by atoms with Gasteiger partial charge in [-0.05, 0) is 12.2 Å². The number of thiocarbonyl (C=S) groups is 1. The molecule has 4 heteroatoms. The zero-order chi connectivity index (χ0) is 5.98. The lowest BCUT2D eigenvalue weighted by atomic mass is 10.2. The van der Waals surface area contributed by atoms with Crippen LogP contribution in [0.4, 0.5) is 0 Å². The van der Waals surface area contributed by atoms with Crippen molar-refractivity contribution < 1.29 is 4.79 Å². The van der Waals surface area contributed by atoms with Gasteiger partial charge >= 0.3 is 0 Å². The highest BCUT2D eigenvalue weighted by Crippen LogP contribution is 1.96. The summed E-state index contributed by atoms with van der Waals surface area (Å²) in [7, 11) is 0. The molecule has 42 valence electrons. The van der Waals surface area contributed by atoms with Crippen LogP contribution in [0.1, 0.15) is 0 Å². The number of carbonyl (C=O) groups excluding carboxylic acids is 1. The molecule has 8 heavy (non-hydrogen) atoms. The molecule has 0 bridgehead atoms. The number of hydrogen-bond acceptors (Lipinski definition) is 3.